The molecule has 17 heavy (non-hydrogen) atoms. The highest BCUT2D eigenvalue weighted by Crippen LogP contribution is 2.28. The van der Waals surface area contributed by atoms with E-state index in [1.54, 1.807) is 0 Å². The van der Waals surface area contributed by atoms with Gasteiger partial charge in [-0.15, -0.1) is 0 Å². The molecular formula is C13H22N2O2. The van der Waals surface area contributed by atoms with Crippen molar-refractivity contribution in [3.05, 3.63) is 23.8 Å². The van der Waals surface area contributed by atoms with Crippen LogP contribution in [0.1, 0.15) is 12.5 Å². The molecule has 96 valence electrons. The van der Waals surface area contributed by atoms with Crippen molar-refractivity contribution in [2.75, 3.05) is 33.9 Å². The third-order valence-electron chi connectivity index (χ3n) is 2.34. The van der Waals surface area contributed by atoms with Gasteiger partial charge in [0.05, 0.1) is 6.61 Å². The fourth-order valence-electron chi connectivity index (χ4n) is 1.41. The topological polar surface area (TPSA) is 47.7 Å². The molecule has 4 heteroatoms. The molecule has 0 aliphatic carbocycles. The number of ether oxygens (including phenoxy) is 2. The largest absolute Gasteiger partial charge is 0.490 e. The first-order valence-electron chi connectivity index (χ1n) is 5.90. The van der Waals surface area contributed by atoms with Crippen LogP contribution in [0.15, 0.2) is 18.2 Å². The standard InChI is InChI=1S/C13H22N2O2/c1-4-16-13-9-11(10-14)5-6-12(13)17-8-7-15(2)3/h5-6,9H,4,7-8,10,14H2,1-3H3. The van der Waals surface area contributed by atoms with Crippen LogP contribution < -0.4 is 15.2 Å². The Morgan fingerprint density at radius 1 is 1.18 bits per heavy atom. The minimum Gasteiger partial charge on any atom is -0.490 e. The highest BCUT2D eigenvalue weighted by atomic mass is 16.5. The smallest absolute Gasteiger partial charge is 0.161 e. The van der Waals surface area contributed by atoms with Crippen LogP contribution in [0.4, 0.5) is 0 Å². The number of hydrogen-bond acceptors (Lipinski definition) is 4. The molecule has 1 aromatic rings. The molecule has 0 aliphatic rings. The van der Waals surface area contributed by atoms with Crippen LogP contribution in [0.2, 0.25) is 0 Å². The second-order valence-corrected chi connectivity index (χ2v) is 4.07. The lowest BCUT2D eigenvalue weighted by Gasteiger charge is -2.14. The minimum atomic E-state index is 0.512. The van der Waals surface area contributed by atoms with E-state index in [0.29, 0.717) is 19.8 Å². The van der Waals surface area contributed by atoms with Gasteiger partial charge in [-0.1, -0.05) is 6.07 Å². The van der Waals surface area contributed by atoms with Crippen LogP contribution in [0, 0.1) is 0 Å². The van der Waals surface area contributed by atoms with E-state index < -0.39 is 0 Å². The lowest BCUT2D eigenvalue weighted by atomic mass is 10.2. The van der Waals surface area contributed by atoms with Crippen LogP contribution in [0.5, 0.6) is 11.5 Å². The molecule has 0 atom stereocenters. The van der Waals surface area contributed by atoms with Crippen molar-refractivity contribution < 1.29 is 9.47 Å². The third-order valence-corrected chi connectivity index (χ3v) is 2.34. The zero-order valence-electron chi connectivity index (χ0n) is 10.9. The highest BCUT2D eigenvalue weighted by Gasteiger charge is 2.06. The molecule has 0 amide bonds. The maximum absolute atomic E-state index is 5.69. The first-order chi connectivity index (χ1) is 8.17. The van der Waals surface area contributed by atoms with E-state index in [-0.39, 0.29) is 0 Å². The van der Waals surface area contributed by atoms with Crippen molar-refractivity contribution in [2.24, 2.45) is 5.73 Å². The summed E-state index contributed by atoms with van der Waals surface area (Å²) < 4.78 is 11.2. The molecular weight excluding hydrogens is 216 g/mol. The molecule has 0 aliphatic heterocycles. The molecule has 0 fully saturated rings. The number of nitrogens with two attached hydrogens (primary N) is 1. The summed E-state index contributed by atoms with van der Waals surface area (Å²) in [6, 6.07) is 5.82. The van der Waals surface area contributed by atoms with Gasteiger partial charge in [-0.2, -0.15) is 0 Å². The monoisotopic (exact) mass is 238 g/mol. The van der Waals surface area contributed by atoms with Gasteiger partial charge in [0.2, 0.25) is 0 Å². The highest BCUT2D eigenvalue weighted by molar-refractivity contribution is 5.43. The van der Waals surface area contributed by atoms with Crippen LogP contribution >= 0.6 is 0 Å². The van der Waals surface area contributed by atoms with E-state index in [1.807, 2.05) is 39.2 Å². The lowest BCUT2D eigenvalue weighted by Crippen LogP contribution is -2.19. The average Bonchev–Trinajstić information content (AvgIpc) is 2.31. The second kappa shape index (κ2) is 7.14. The van der Waals surface area contributed by atoms with E-state index >= 15 is 0 Å². The first-order valence-corrected chi connectivity index (χ1v) is 5.90. The van der Waals surface area contributed by atoms with Crippen molar-refractivity contribution in [3.8, 4) is 11.5 Å². The van der Waals surface area contributed by atoms with E-state index in [2.05, 4.69) is 4.90 Å². The summed E-state index contributed by atoms with van der Waals surface area (Å²) in [5, 5.41) is 0. The molecule has 0 saturated heterocycles. The normalized spacial score (nSPS) is 10.6. The van der Waals surface area contributed by atoms with Gasteiger partial charge in [-0.3, -0.25) is 0 Å². The summed E-state index contributed by atoms with van der Waals surface area (Å²) in [5.41, 5.74) is 6.65. The van der Waals surface area contributed by atoms with Gasteiger partial charge in [0.1, 0.15) is 6.61 Å². The zero-order chi connectivity index (χ0) is 12.7. The Labute approximate surface area is 103 Å². The maximum Gasteiger partial charge on any atom is 0.161 e. The third kappa shape index (κ3) is 4.63. The van der Waals surface area contributed by atoms with Crippen LogP contribution in [-0.2, 0) is 6.54 Å². The van der Waals surface area contributed by atoms with Crippen LogP contribution in [-0.4, -0.2) is 38.8 Å². The van der Waals surface area contributed by atoms with Crippen LogP contribution in [0.3, 0.4) is 0 Å². The SMILES string of the molecule is CCOc1cc(CN)ccc1OCCN(C)C. The molecule has 0 unspecified atom stereocenters. The Morgan fingerprint density at radius 3 is 2.53 bits per heavy atom. The molecule has 0 aromatic heterocycles. The molecule has 2 N–H and O–H groups in total. The van der Waals surface area contributed by atoms with Gasteiger partial charge in [-0.05, 0) is 38.7 Å². The van der Waals surface area contributed by atoms with Gasteiger partial charge in [0, 0.05) is 13.1 Å². The Hall–Kier alpha value is -1.26. The summed E-state index contributed by atoms with van der Waals surface area (Å²) >= 11 is 0. The van der Waals surface area contributed by atoms with Crippen molar-refractivity contribution in [2.45, 2.75) is 13.5 Å². The quantitative estimate of drug-likeness (QED) is 0.781. The number of hydrogen-bond donors (Lipinski definition) is 1. The number of nitrogens with zero attached hydrogens (tertiary/aromatic N) is 1. The second-order valence-electron chi connectivity index (χ2n) is 4.07. The number of rotatable bonds is 7. The minimum absolute atomic E-state index is 0.512. The first kappa shape index (κ1) is 13.8. The van der Waals surface area contributed by atoms with Gasteiger partial charge in [0.25, 0.3) is 0 Å². The molecule has 0 radical (unpaired) electrons. The van der Waals surface area contributed by atoms with Gasteiger partial charge in [-0.25, -0.2) is 0 Å². The van der Waals surface area contributed by atoms with Crippen molar-refractivity contribution in [1.29, 1.82) is 0 Å². The summed E-state index contributed by atoms with van der Waals surface area (Å²) in [7, 11) is 4.04. The Balaban J connectivity index is 2.68. The summed E-state index contributed by atoms with van der Waals surface area (Å²) in [5.74, 6) is 1.56. The summed E-state index contributed by atoms with van der Waals surface area (Å²) in [6.07, 6.45) is 0. The van der Waals surface area contributed by atoms with Gasteiger partial charge in [0.15, 0.2) is 11.5 Å². The molecule has 0 bridgehead atoms. The van der Waals surface area contributed by atoms with E-state index in [4.69, 9.17) is 15.2 Å². The van der Waals surface area contributed by atoms with Crippen molar-refractivity contribution in [3.63, 3.8) is 0 Å². The summed E-state index contributed by atoms with van der Waals surface area (Å²) in [6.45, 7) is 4.62. The lowest BCUT2D eigenvalue weighted by molar-refractivity contribution is 0.244. The Bertz CT molecular complexity index is 340. The Morgan fingerprint density at radius 2 is 1.94 bits per heavy atom. The molecule has 0 heterocycles. The molecule has 0 spiro atoms. The predicted molar refractivity (Wildman–Crippen MR) is 69.6 cm³/mol. The zero-order valence-corrected chi connectivity index (χ0v) is 10.9. The van der Waals surface area contributed by atoms with Crippen molar-refractivity contribution in [1.82, 2.24) is 4.90 Å². The van der Waals surface area contributed by atoms with E-state index in [9.17, 15) is 0 Å². The number of likely N-dealkylation sites (N-methyl/N-ethyl adjacent to an activating group) is 1. The predicted octanol–water partition coefficient (Wildman–Crippen LogP) is 1.48. The number of benzene rings is 1. The summed E-state index contributed by atoms with van der Waals surface area (Å²) in [4.78, 5) is 2.08. The van der Waals surface area contributed by atoms with Crippen LogP contribution in [0.25, 0.3) is 0 Å². The maximum atomic E-state index is 5.69. The van der Waals surface area contributed by atoms with Crippen molar-refractivity contribution >= 4 is 0 Å². The van der Waals surface area contributed by atoms with E-state index in [0.717, 1.165) is 23.6 Å². The van der Waals surface area contributed by atoms with Gasteiger partial charge >= 0.3 is 0 Å². The fraction of sp³-hybridized carbons (Fsp3) is 0.538. The van der Waals surface area contributed by atoms with Gasteiger partial charge < -0.3 is 20.1 Å². The average molecular weight is 238 g/mol. The molecule has 0 saturated carbocycles. The molecule has 1 aromatic carbocycles. The fourth-order valence-corrected chi connectivity index (χ4v) is 1.41. The molecule has 1 rings (SSSR count). The Kier molecular flexibility index (Phi) is 5.80. The molecule has 4 nitrogen and oxygen atoms in total. The van der Waals surface area contributed by atoms with E-state index in [1.165, 1.54) is 0 Å².